The van der Waals surface area contributed by atoms with E-state index in [4.69, 9.17) is 4.42 Å². The molecule has 14 rings (SSSR count). The molecule has 14 aromatic rings. The van der Waals surface area contributed by atoms with E-state index < -0.39 is 0 Å². The van der Waals surface area contributed by atoms with Gasteiger partial charge >= 0.3 is 0 Å². The van der Waals surface area contributed by atoms with Crippen molar-refractivity contribution in [1.82, 2.24) is 9.97 Å². The number of aromatic nitrogens is 2. The lowest BCUT2D eigenvalue weighted by Crippen LogP contribution is -1.91. The minimum atomic E-state index is 0.921. The molecule has 0 amide bonds. The van der Waals surface area contributed by atoms with E-state index in [0.29, 0.717) is 0 Å². The van der Waals surface area contributed by atoms with Gasteiger partial charge in [-0.15, -0.1) is 0 Å². The number of furan rings is 1. The number of hydrogen-bond donors (Lipinski definition) is 0. The summed E-state index contributed by atoms with van der Waals surface area (Å²) in [4.78, 5) is 9.34. The van der Waals surface area contributed by atoms with Crippen LogP contribution in [0.4, 0.5) is 0 Å². The molecular weight excluding hydrogens is 861 g/mol. The Morgan fingerprint density at radius 3 is 1.21 bits per heavy atom. The lowest BCUT2D eigenvalue weighted by atomic mass is 9.85. The van der Waals surface area contributed by atoms with Crippen molar-refractivity contribution in [3.8, 4) is 66.8 Å². The molecule has 0 N–H and O–H groups in total. The zero-order valence-corrected chi connectivity index (χ0v) is 38.7. The van der Waals surface area contributed by atoms with Crippen molar-refractivity contribution in [2.45, 2.75) is 0 Å². The summed E-state index contributed by atoms with van der Waals surface area (Å²) in [5.74, 6) is 0. The second-order valence-electron chi connectivity index (χ2n) is 18.0. The maximum absolute atomic E-state index is 6.34. The molecule has 11 aromatic carbocycles. The normalized spacial score (nSPS) is 11.4. The molecule has 0 aliphatic carbocycles. The van der Waals surface area contributed by atoms with Gasteiger partial charge in [-0.05, 0) is 107 Å². The van der Waals surface area contributed by atoms with Crippen LogP contribution in [0.25, 0.3) is 132 Å². The van der Waals surface area contributed by atoms with Gasteiger partial charge in [0, 0.05) is 39.5 Å². The second kappa shape index (κ2) is 17.9. The van der Waals surface area contributed by atoms with E-state index in [1.807, 2.05) is 36.7 Å². The maximum atomic E-state index is 6.34. The minimum Gasteiger partial charge on any atom is -0.455 e. The quantitative estimate of drug-likeness (QED) is 0.123. The highest BCUT2D eigenvalue weighted by molar-refractivity contribution is 6.22. The van der Waals surface area contributed by atoms with Crippen LogP contribution in [0, 0.1) is 0 Å². The summed E-state index contributed by atoms with van der Waals surface area (Å²) in [6, 6.07) is 90.3. The van der Waals surface area contributed by atoms with Crippen molar-refractivity contribution in [2.75, 3.05) is 0 Å². The predicted molar refractivity (Wildman–Crippen MR) is 298 cm³/mol. The molecular formula is C68H44N2O. The summed E-state index contributed by atoms with van der Waals surface area (Å²) >= 11 is 0. The molecule has 0 aliphatic rings. The van der Waals surface area contributed by atoms with Crippen molar-refractivity contribution < 1.29 is 4.42 Å². The van der Waals surface area contributed by atoms with Gasteiger partial charge in [0.2, 0.25) is 0 Å². The van der Waals surface area contributed by atoms with Gasteiger partial charge in [-0.3, -0.25) is 9.97 Å². The monoisotopic (exact) mass is 904 g/mol. The number of pyridine rings is 2. The molecule has 0 unspecified atom stereocenters. The van der Waals surface area contributed by atoms with E-state index in [1.165, 1.54) is 77.2 Å². The first-order chi connectivity index (χ1) is 35.2. The summed E-state index contributed by atoms with van der Waals surface area (Å²) in [5.41, 5.74) is 18.2. The highest BCUT2D eigenvalue weighted by Gasteiger charge is 2.18. The van der Waals surface area contributed by atoms with Gasteiger partial charge in [-0.25, -0.2) is 0 Å². The van der Waals surface area contributed by atoms with Crippen molar-refractivity contribution in [2.24, 2.45) is 0 Å². The smallest absolute Gasteiger partial charge is 0.143 e. The van der Waals surface area contributed by atoms with Gasteiger partial charge in [-0.1, -0.05) is 231 Å². The summed E-state index contributed by atoms with van der Waals surface area (Å²) in [7, 11) is 0. The number of fused-ring (bicyclic) bond motifs is 8. The van der Waals surface area contributed by atoms with Gasteiger partial charge < -0.3 is 4.42 Å². The van der Waals surface area contributed by atoms with Crippen molar-refractivity contribution >= 4 is 65.3 Å². The fraction of sp³-hybridized carbons (Fsp3) is 0. The Hall–Kier alpha value is -9.44. The predicted octanol–water partition coefficient (Wildman–Crippen LogP) is 18.7. The molecule has 0 fully saturated rings. The Kier molecular flexibility index (Phi) is 10.5. The van der Waals surface area contributed by atoms with E-state index in [0.717, 1.165) is 54.9 Å². The average molecular weight is 905 g/mol. The van der Waals surface area contributed by atoms with Crippen molar-refractivity contribution in [3.05, 3.63) is 267 Å². The van der Waals surface area contributed by atoms with E-state index in [1.54, 1.807) is 0 Å². The molecule has 0 saturated heterocycles. The Morgan fingerprint density at radius 1 is 0.239 bits per heavy atom. The van der Waals surface area contributed by atoms with Crippen LogP contribution in [0.1, 0.15) is 0 Å². The van der Waals surface area contributed by atoms with Gasteiger partial charge in [0.25, 0.3) is 0 Å². The zero-order valence-electron chi connectivity index (χ0n) is 38.7. The number of hydrogen-bond acceptors (Lipinski definition) is 3. The SMILES string of the molecule is c1ccc(-c2c3ccccc3c(-c3ccccc3)c3cc(-c4ccc(-c5cccc6c5oc5ccccc56)cc4)ccc23)cc1.c1ccc(-c2ccnc3c2ccc2c(-c4ccccc4)ccnc23)cc1. The molecule has 0 spiro atoms. The summed E-state index contributed by atoms with van der Waals surface area (Å²) in [5, 5.41) is 9.61. The topological polar surface area (TPSA) is 38.9 Å². The van der Waals surface area contributed by atoms with Gasteiger partial charge in [0.1, 0.15) is 11.2 Å². The van der Waals surface area contributed by atoms with Crippen molar-refractivity contribution in [3.63, 3.8) is 0 Å². The first-order valence-electron chi connectivity index (χ1n) is 24.1. The van der Waals surface area contributed by atoms with Crippen LogP contribution in [0.15, 0.2) is 272 Å². The molecule has 3 aromatic heterocycles. The maximum Gasteiger partial charge on any atom is 0.143 e. The van der Waals surface area contributed by atoms with E-state index in [9.17, 15) is 0 Å². The third kappa shape index (κ3) is 7.49. The highest BCUT2D eigenvalue weighted by Crippen LogP contribution is 2.45. The van der Waals surface area contributed by atoms with E-state index >= 15 is 0 Å². The molecule has 0 bridgehead atoms. The summed E-state index contributed by atoms with van der Waals surface area (Å²) < 4.78 is 6.34. The second-order valence-corrected chi connectivity index (χ2v) is 18.0. The average Bonchev–Trinajstić information content (AvgIpc) is 3.84. The molecule has 3 heterocycles. The van der Waals surface area contributed by atoms with Crippen LogP contribution in [0.2, 0.25) is 0 Å². The number of rotatable bonds is 6. The molecule has 71 heavy (non-hydrogen) atoms. The fourth-order valence-corrected chi connectivity index (χ4v) is 10.6. The molecule has 3 heteroatoms. The highest BCUT2D eigenvalue weighted by atomic mass is 16.3. The van der Waals surface area contributed by atoms with Crippen molar-refractivity contribution in [1.29, 1.82) is 0 Å². The third-order valence-electron chi connectivity index (χ3n) is 13.9. The molecule has 0 aliphatic heterocycles. The Labute approximate surface area is 411 Å². The first-order valence-corrected chi connectivity index (χ1v) is 24.1. The van der Waals surface area contributed by atoms with Crippen LogP contribution < -0.4 is 0 Å². The zero-order chi connectivity index (χ0) is 47.1. The minimum absolute atomic E-state index is 0.921. The standard InChI is InChI=1S/C44H28O.C24H16N2/c1-3-12-31(13-4-1)42-36-17-7-8-18-37(36)43(32-14-5-2-6-15-32)40-28-33(26-27-38(40)42)29-22-24-30(25-23-29)34-19-11-20-39-35-16-9-10-21-41(35)45-44(34)39;1-3-7-17(8-4-1)19-13-15-25-23-21(19)11-12-22-20(14-16-26-24(22)23)18-9-5-2-6-10-18/h1-28H;1-16H. The Balaban J connectivity index is 0.000000160. The lowest BCUT2D eigenvalue weighted by Gasteiger charge is -2.18. The summed E-state index contributed by atoms with van der Waals surface area (Å²) in [6.07, 6.45) is 3.75. The first kappa shape index (κ1) is 41.7. The van der Waals surface area contributed by atoms with E-state index in [2.05, 4.69) is 240 Å². The number of nitrogens with zero attached hydrogens (tertiary/aromatic N) is 2. The van der Waals surface area contributed by atoms with Gasteiger partial charge in [0.05, 0.1) is 11.0 Å². The Morgan fingerprint density at radius 2 is 0.648 bits per heavy atom. The lowest BCUT2D eigenvalue weighted by molar-refractivity contribution is 0.670. The van der Waals surface area contributed by atoms with Crippen LogP contribution >= 0.6 is 0 Å². The fourth-order valence-electron chi connectivity index (χ4n) is 10.6. The molecule has 0 saturated carbocycles. The Bertz CT molecular complexity index is 4140. The van der Waals surface area contributed by atoms with Crippen LogP contribution in [0.3, 0.4) is 0 Å². The van der Waals surface area contributed by atoms with Crippen LogP contribution in [-0.2, 0) is 0 Å². The molecule has 0 atom stereocenters. The largest absolute Gasteiger partial charge is 0.455 e. The molecule has 0 radical (unpaired) electrons. The molecule has 3 nitrogen and oxygen atoms in total. The van der Waals surface area contributed by atoms with Crippen LogP contribution in [-0.4, -0.2) is 9.97 Å². The molecule has 332 valence electrons. The summed E-state index contributed by atoms with van der Waals surface area (Å²) in [6.45, 7) is 0. The van der Waals surface area contributed by atoms with Crippen LogP contribution in [0.5, 0.6) is 0 Å². The van der Waals surface area contributed by atoms with Gasteiger partial charge in [-0.2, -0.15) is 0 Å². The number of para-hydroxylation sites is 2. The van der Waals surface area contributed by atoms with Gasteiger partial charge in [0.15, 0.2) is 0 Å². The number of benzene rings is 11. The third-order valence-corrected chi connectivity index (χ3v) is 13.9. The van der Waals surface area contributed by atoms with E-state index in [-0.39, 0.29) is 0 Å².